The van der Waals surface area contributed by atoms with Gasteiger partial charge in [-0.15, -0.1) is 0 Å². The zero-order chi connectivity index (χ0) is 11.5. The minimum atomic E-state index is -1.12. The van der Waals surface area contributed by atoms with Crippen LogP contribution in [0, 0.1) is 16.0 Å². The van der Waals surface area contributed by atoms with Crippen molar-refractivity contribution in [1.82, 2.24) is 5.32 Å². The van der Waals surface area contributed by atoms with E-state index in [9.17, 15) is 14.9 Å². The first-order valence-corrected chi connectivity index (χ1v) is 4.93. The average molecular weight is 216 g/mol. The molecular formula is C9H16N2O4. The maximum absolute atomic E-state index is 11.5. The number of nitrogens with one attached hydrogen (secondary N) is 1. The van der Waals surface area contributed by atoms with Gasteiger partial charge in [0.05, 0.1) is 19.1 Å². The summed E-state index contributed by atoms with van der Waals surface area (Å²) in [7, 11) is 0. The Morgan fingerprint density at radius 3 is 2.80 bits per heavy atom. The first-order valence-electron chi connectivity index (χ1n) is 4.93. The monoisotopic (exact) mass is 216 g/mol. The molecule has 1 rings (SSSR count). The minimum Gasteiger partial charge on any atom is -0.381 e. The molecule has 0 aromatic heterocycles. The molecule has 0 aromatic rings. The Hall–Kier alpha value is -1.17. The van der Waals surface area contributed by atoms with Crippen LogP contribution in [0.25, 0.3) is 0 Å². The van der Waals surface area contributed by atoms with Crippen LogP contribution >= 0.6 is 0 Å². The number of hydrogen-bond acceptors (Lipinski definition) is 4. The van der Waals surface area contributed by atoms with Crippen molar-refractivity contribution in [3.8, 4) is 0 Å². The highest BCUT2D eigenvalue weighted by molar-refractivity contribution is 5.79. The smallest absolute Gasteiger partial charge is 0.233 e. The summed E-state index contributed by atoms with van der Waals surface area (Å²) in [5.41, 5.74) is -1.12. The largest absolute Gasteiger partial charge is 0.381 e. The zero-order valence-corrected chi connectivity index (χ0v) is 8.99. The Morgan fingerprint density at radius 2 is 2.33 bits per heavy atom. The van der Waals surface area contributed by atoms with E-state index >= 15 is 0 Å². The molecule has 0 bridgehead atoms. The van der Waals surface area contributed by atoms with Crippen molar-refractivity contribution in [3.05, 3.63) is 10.1 Å². The number of nitrogens with zero attached hydrogens (tertiary/aromatic N) is 1. The molecule has 0 saturated carbocycles. The van der Waals surface area contributed by atoms with Gasteiger partial charge in [-0.3, -0.25) is 14.9 Å². The van der Waals surface area contributed by atoms with Crippen molar-refractivity contribution in [1.29, 1.82) is 0 Å². The summed E-state index contributed by atoms with van der Waals surface area (Å²) in [5.74, 6) is -0.296. The summed E-state index contributed by atoms with van der Waals surface area (Å²) in [6, 6.07) is 0. The molecule has 1 aliphatic rings. The van der Waals surface area contributed by atoms with Gasteiger partial charge >= 0.3 is 0 Å². The predicted molar refractivity (Wildman–Crippen MR) is 53.0 cm³/mol. The molecule has 1 amide bonds. The van der Waals surface area contributed by atoms with Gasteiger partial charge in [-0.05, 0) is 6.42 Å². The molecule has 1 unspecified atom stereocenters. The van der Waals surface area contributed by atoms with E-state index in [1.54, 1.807) is 0 Å². The Kier molecular flexibility index (Phi) is 3.62. The van der Waals surface area contributed by atoms with Gasteiger partial charge in [0.1, 0.15) is 0 Å². The van der Waals surface area contributed by atoms with Crippen LogP contribution in [-0.4, -0.2) is 36.1 Å². The fourth-order valence-corrected chi connectivity index (χ4v) is 1.25. The third kappa shape index (κ3) is 3.16. The number of rotatable bonds is 4. The molecule has 86 valence electrons. The van der Waals surface area contributed by atoms with Gasteiger partial charge in [0, 0.05) is 25.4 Å². The van der Waals surface area contributed by atoms with Gasteiger partial charge in [0.15, 0.2) is 0 Å². The molecule has 0 spiro atoms. The molecule has 6 nitrogen and oxygen atoms in total. The molecule has 15 heavy (non-hydrogen) atoms. The number of nitro groups is 1. The molecular weight excluding hydrogens is 200 g/mol. The molecule has 1 N–H and O–H groups in total. The SMILES string of the molecule is CC(C)(CNC(=O)C1CCOC1)[N+](=O)[O-]. The highest BCUT2D eigenvalue weighted by Gasteiger charge is 2.32. The van der Waals surface area contributed by atoms with Crippen LogP contribution in [0.4, 0.5) is 0 Å². The second-order valence-corrected chi connectivity index (χ2v) is 4.35. The minimum absolute atomic E-state index is 0.0509. The number of carbonyl (C=O) groups excluding carboxylic acids is 1. The summed E-state index contributed by atoms with van der Waals surface area (Å²) in [4.78, 5) is 21.7. The first-order chi connectivity index (χ1) is 6.93. The number of ether oxygens (including phenoxy) is 1. The van der Waals surface area contributed by atoms with E-state index in [0.29, 0.717) is 19.6 Å². The molecule has 0 aromatic carbocycles. The summed E-state index contributed by atoms with van der Waals surface area (Å²) >= 11 is 0. The second-order valence-electron chi connectivity index (χ2n) is 4.35. The average Bonchev–Trinajstić information content (AvgIpc) is 2.66. The van der Waals surface area contributed by atoms with E-state index in [4.69, 9.17) is 4.74 Å². The highest BCUT2D eigenvalue weighted by atomic mass is 16.6. The van der Waals surface area contributed by atoms with Gasteiger partial charge in [-0.1, -0.05) is 0 Å². The van der Waals surface area contributed by atoms with E-state index in [1.165, 1.54) is 13.8 Å². The fraction of sp³-hybridized carbons (Fsp3) is 0.889. The normalized spacial score (nSPS) is 21.3. The lowest BCUT2D eigenvalue weighted by Gasteiger charge is -2.17. The van der Waals surface area contributed by atoms with Gasteiger partial charge in [-0.25, -0.2) is 0 Å². The lowest BCUT2D eigenvalue weighted by molar-refractivity contribution is -0.557. The number of hydrogen-bond donors (Lipinski definition) is 1. The summed E-state index contributed by atoms with van der Waals surface area (Å²) in [6.45, 7) is 4.04. The summed E-state index contributed by atoms with van der Waals surface area (Å²) < 4.78 is 5.06. The van der Waals surface area contributed by atoms with E-state index in [1.807, 2.05) is 0 Å². The van der Waals surface area contributed by atoms with Crippen molar-refractivity contribution in [2.24, 2.45) is 5.92 Å². The van der Waals surface area contributed by atoms with E-state index in [0.717, 1.165) is 0 Å². The second kappa shape index (κ2) is 4.57. The standard InChI is InChI=1S/C9H16N2O4/c1-9(2,11(13)14)6-10-8(12)7-3-4-15-5-7/h7H,3-6H2,1-2H3,(H,10,12). The van der Waals surface area contributed by atoms with Gasteiger partial charge in [-0.2, -0.15) is 0 Å². The number of carbonyl (C=O) groups is 1. The van der Waals surface area contributed by atoms with Crippen LogP contribution < -0.4 is 5.32 Å². The third-order valence-electron chi connectivity index (χ3n) is 2.49. The molecule has 1 fully saturated rings. The van der Waals surface area contributed by atoms with Crippen LogP contribution in [0.15, 0.2) is 0 Å². The van der Waals surface area contributed by atoms with Crippen LogP contribution in [0.5, 0.6) is 0 Å². The topological polar surface area (TPSA) is 81.5 Å². The van der Waals surface area contributed by atoms with E-state index in [-0.39, 0.29) is 18.4 Å². The van der Waals surface area contributed by atoms with Crippen LogP contribution in [-0.2, 0) is 9.53 Å². The lowest BCUT2D eigenvalue weighted by atomic mass is 10.1. The number of amides is 1. The van der Waals surface area contributed by atoms with Crippen molar-refractivity contribution >= 4 is 5.91 Å². The van der Waals surface area contributed by atoms with Crippen LogP contribution in [0.3, 0.4) is 0 Å². The quantitative estimate of drug-likeness (QED) is 0.537. The fourth-order valence-electron chi connectivity index (χ4n) is 1.25. The zero-order valence-electron chi connectivity index (χ0n) is 8.99. The maximum Gasteiger partial charge on any atom is 0.233 e. The highest BCUT2D eigenvalue weighted by Crippen LogP contribution is 2.13. The maximum atomic E-state index is 11.5. The van der Waals surface area contributed by atoms with E-state index < -0.39 is 10.5 Å². The Balaban J connectivity index is 2.36. The third-order valence-corrected chi connectivity index (χ3v) is 2.49. The molecule has 6 heteroatoms. The molecule has 1 heterocycles. The molecule has 1 aliphatic heterocycles. The van der Waals surface area contributed by atoms with Gasteiger partial charge in [0.25, 0.3) is 0 Å². The molecule has 1 atom stereocenters. The Labute approximate surface area is 88.1 Å². The molecule has 0 aliphatic carbocycles. The van der Waals surface area contributed by atoms with Crippen molar-refractivity contribution in [2.75, 3.05) is 19.8 Å². The van der Waals surface area contributed by atoms with Crippen molar-refractivity contribution < 1.29 is 14.5 Å². The Morgan fingerprint density at radius 1 is 1.67 bits per heavy atom. The summed E-state index contributed by atoms with van der Waals surface area (Å²) in [6.07, 6.45) is 0.699. The molecule has 0 radical (unpaired) electrons. The van der Waals surface area contributed by atoms with Crippen LogP contribution in [0.1, 0.15) is 20.3 Å². The van der Waals surface area contributed by atoms with E-state index in [2.05, 4.69) is 5.32 Å². The van der Waals surface area contributed by atoms with Gasteiger partial charge < -0.3 is 10.1 Å². The first kappa shape index (κ1) is 11.9. The van der Waals surface area contributed by atoms with Crippen molar-refractivity contribution in [3.63, 3.8) is 0 Å². The predicted octanol–water partition coefficient (Wildman–Crippen LogP) is 0.194. The van der Waals surface area contributed by atoms with Crippen molar-refractivity contribution in [2.45, 2.75) is 25.8 Å². The molecule has 1 saturated heterocycles. The lowest BCUT2D eigenvalue weighted by Crippen LogP contribution is -2.45. The Bertz CT molecular complexity index is 259. The van der Waals surface area contributed by atoms with Gasteiger partial charge in [0.2, 0.25) is 11.4 Å². The van der Waals surface area contributed by atoms with Crippen LogP contribution in [0.2, 0.25) is 0 Å². The summed E-state index contributed by atoms with van der Waals surface area (Å²) in [5, 5.41) is 13.2.